The molecule has 0 aliphatic heterocycles. The number of halogens is 1. The Kier molecular flexibility index (Phi) is 4.07. The van der Waals surface area contributed by atoms with Gasteiger partial charge in [-0.25, -0.2) is 9.18 Å². The minimum absolute atomic E-state index is 0.00128. The number of hydrogen-bond donors (Lipinski definition) is 2. The van der Waals surface area contributed by atoms with E-state index < -0.39 is 5.82 Å². The Bertz CT molecular complexity index is 464. The van der Waals surface area contributed by atoms with Gasteiger partial charge in [0.25, 0.3) is 0 Å². The van der Waals surface area contributed by atoms with Gasteiger partial charge in [-0.05, 0) is 37.8 Å². The number of aliphatic hydroxyl groups is 1. The number of anilines is 1. The zero-order valence-corrected chi connectivity index (χ0v) is 9.90. The predicted octanol–water partition coefficient (Wildman–Crippen LogP) is 2.51. The van der Waals surface area contributed by atoms with E-state index in [-0.39, 0.29) is 17.8 Å². The number of nitrogens with one attached hydrogen (secondary N) is 1. The highest BCUT2D eigenvalue weighted by Crippen LogP contribution is 2.30. The lowest BCUT2D eigenvalue weighted by molar-refractivity contribution is 0.126. The summed E-state index contributed by atoms with van der Waals surface area (Å²) in [6.07, 6.45) is 4.24. The molecule has 0 atom stereocenters. The smallest absolute Gasteiger partial charge is 0.240 e. The molecule has 1 aliphatic rings. The summed E-state index contributed by atoms with van der Waals surface area (Å²) in [5.74, 6) is -0.542. The third kappa shape index (κ3) is 2.94. The van der Waals surface area contributed by atoms with Crippen LogP contribution in [0, 0.1) is 5.82 Å². The van der Waals surface area contributed by atoms with Crippen LogP contribution in [0.25, 0.3) is 0 Å². The van der Waals surface area contributed by atoms with E-state index in [1.165, 1.54) is 12.1 Å². The Morgan fingerprint density at radius 2 is 2.06 bits per heavy atom. The van der Waals surface area contributed by atoms with Crippen molar-refractivity contribution < 1.29 is 14.3 Å². The van der Waals surface area contributed by atoms with Crippen molar-refractivity contribution in [3.05, 3.63) is 24.0 Å². The van der Waals surface area contributed by atoms with Crippen molar-refractivity contribution in [3.63, 3.8) is 0 Å². The van der Waals surface area contributed by atoms with E-state index in [0.717, 1.165) is 25.7 Å². The monoisotopic (exact) mass is 250 g/mol. The van der Waals surface area contributed by atoms with E-state index in [0.29, 0.717) is 5.69 Å². The first-order chi connectivity index (χ1) is 8.70. The zero-order valence-electron chi connectivity index (χ0n) is 9.90. The number of carbonyl (C=O) groups excluding carboxylic acids is 1. The van der Waals surface area contributed by atoms with Crippen molar-refractivity contribution in [3.8, 4) is 0 Å². The predicted molar refractivity (Wildman–Crippen MR) is 66.1 cm³/mol. The third-order valence-corrected chi connectivity index (χ3v) is 3.20. The summed E-state index contributed by atoms with van der Waals surface area (Å²) in [5.41, 5.74) is 0.498. The number of aliphatic imine (C=N–C) groups is 1. The van der Waals surface area contributed by atoms with Crippen LogP contribution in [0.3, 0.4) is 0 Å². The lowest BCUT2D eigenvalue weighted by Gasteiger charge is -2.27. The fourth-order valence-corrected chi connectivity index (χ4v) is 2.23. The van der Waals surface area contributed by atoms with Crippen LogP contribution in [0.5, 0.6) is 0 Å². The molecule has 0 heterocycles. The summed E-state index contributed by atoms with van der Waals surface area (Å²) in [4.78, 5) is 13.7. The highest BCUT2D eigenvalue weighted by molar-refractivity contribution is 5.69. The Morgan fingerprint density at radius 3 is 2.72 bits per heavy atom. The molecule has 4 nitrogen and oxygen atoms in total. The summed E-state index contributed by atoms with van der Waals surface area (Å²) >= 11 is 0. The fraction of sp³-hybridized carbons (Fsp3) is 0.462. The molecule has 2 N–H and O–H groups in total. The summed E-state index contributed by atoms with van der Waals surface area (Å²) < 4.78 is 13.5. The summed E-state index contributed by atoms with van der Waals surface area (Å²) in [5, 5.41) is 12.6. The Labute approximate surface area is 105 Å². The standard InChI is InChI=1S/C13H15FN2O2/c14-11-2-1-3-12(13(11)15-8-17)16-9-4-6-10(18)7-5-9/h1-3,9-10,16,18H,4-7H2. The van der Waals surface area contributed by atoms with Gasteiger partial charge in [0.1, 0.15) is 5.69 Å². The molecule has 1 saturated carbocycles. The van der Waals surface area contributed by atoms with Crippen molar-refractivity contribution >= 4 is 17.5 Å². The third-order valence-electron chi connectivity index (χ3n) is 3.20. The molecular formula is C13H15FN2O2. The van der Waals surface area contributed by atoms with Gasteiger partial charge < -0.3 is 10.4 Å². The van der Waals surface area contributed by atoms with Crippen molar-refractivity contribution in [1.29, 1.82) is 0 Å². The Hall–Kier alpha value is -1.71. The second-order valence-electron chi connectivity index (χ2n) is 4.49. The second-order valence-corrected chi connectivity index (χ2v) is 4.49. The molecule has 0 saturated heterocycles. The molecule has 18 heavy (non-hydrogen) atoms. The number of para-hydroxylation sites is 1. The number of aliphatic hydroxyl groups excluding tert-OH is 1. The van der Waals surface area contributed by atoms with Crippen LogP contribution >= 0.6 is 0 Å². The van der Waals surface area contributed by atoms with Gasteiger partial charge in [0.05, 0.1) is 11.8 Å². The largest absolute Gasteiger partial charge is 0.393 e. The molecule has 0 spiro atoms. The van der Waals surface area contributed by atoms with Crippen LogP contribution in [0.2, 0.25) is 0 Å². The lowest BCUT2D eigenvalue weighted by atomic mass is 9.93. The lowest BCUT2D eigenvalue weighted by Crippen LogP contribution is -2.28. The zero-order chi connectivity index (χ0) is 13.0. The minimum Gasteiger partial charge on any atom is -0.393 e. The van der Waals surface area contributed by atoms with Crippen LogP contribution < -0.4 is 5.32 Å². The molecule has 0 bridgehead atoms. The van der Waals surface area contributed by atoms with Gasteiger partial charge in [-0.1, -0.05) is 6.07 Å². The molecule has 0 unspecified atom stereocenters. The summed E-state index contributed by atoms with van der Waals surface area (Å²) in [6.45, 7) is 0. The van der Waals surface area contributed by atoms with E-state index in [9.17, 15) is 14.3 Å². The van der Waals surface area contributed by atoms with E-state index >= 15 is 0 Å². The van der Waals surface area contributed by atoms with Gasteiger partial charge in [0, 0.05) is 6.04 Å². The van der Waals surface area contributed by atoms with Crippen molar-refractivity contribution in [2.24, 2.45) is 4.99 Å². The number of rotatable bonds is 3. The van der Waals surface area contributed by atoms with Crippen LogP contribution in [0.1, 0.15) is 25.7 Å². The molecule has 1 aromatic rings. The summed E-state index contributed by atoms with van der Waals surface area (Å²) in [7, 11) is 0. The maximum atomic E-state index is 13.5. The van der Waals surface area contributed by atoms with E-state index in [1.54, 1.807) is 12.1 Å². The molecule has 1 aromatic carbocycles. The number of benzene rings is 1. The number of nitrogens with zero attached hydrogens (tertiary/aromatic N) is 1. The van der Waals surface area contributed by atoms with Gasteiger partial charge in [0.2, 0.25) is 6.08 Å². The molecule has 5 heteroatoms. The number of isocyanates is 1. The molecular weight excluding hydrogens is 235 g/mol. The first-order valence-corrected chi connectivity index (χ1v) is 6.01. The van der Waals surface area contributed by atoms with Gasteiger partial charge in [-0.2, -0.15) is 4.99 Å². The maximum absolute atomic E-state index is 13.5. The highest BCUT2D eigenvalue weighted by Gasteiger charge is 2.20. The van der Waals surface area contributed by atoms with E-state index in [1.807, 2.05) is 0 Å². The topological polar surface area (TPSA) is 61.7 Å². The molecule has 96 valence electrons. The molecule has 1 aliphatic carbocycles. The van der Waals surface area contributed by atoms with Crippen molar-refractivity contribution in [1.82, 2.24) is 0 Å². The molecule has 0 amide bonds. The van der Waals surface area contributed by atoms with Gasteiger partial charge in [-0.15, -0.1) is 0 Å². The molecule has 1 fully saturated rings. The average molecular weight is 250 g/mol. The van der Waals surface area contributed by atoms with E-state index in [2.05, 4.69) is 10.3 Å². The normalized spacial score (nSPS) is 23.2. The second kappa shape index (κ2) is 5.76. The van der Waals surface area contributed by atoms with E-state index in [4.69, 9.17) is 0 Å². The quantitative estimate of drug-likeness (QED) is 0.640. The Balaban J connectivity index is 2.13. The summed E-state index contributed by atoms with van der Waals surface area (Å²) in [6, 6.07) is 4.69. The average Bonchev–Trinajstić information content (AvgIpc) is 2.36. The number of hydrogen-bond acceptors (Lipinski definition) is 4. The van der Waals surface area contributed by atoms with Gasteiger partial charge in [-0.3, -0.25) is 0 Å². The van der Waals surface area contributed by atoms with Crippen LogP contribution in [-0.2, 0) is 4.79 Å². The maximum Gasteiger partial charge on any atom is 0.240 e. The van der Waals surface area contributed by atoms with Crippen molar-refractivity contribution in [2.45, 2.75) is 37.8 Å². The van der Waals surface area contributed by atoms with Crippen LogP contribution in [0.4, 0.5) is 15.8 Å². The minimum atomic E-state index is -0.542. The van der Waals surface area contributed by atoms with Gasteiger partial charge >= 0.3 is 0 Å². The molecule has 2 rings (SSSR count). The molecule has 0 aromatic heterocycles. The first-order valence-electron chi connectivity index (χ1n) is 6.01. The SMILES string of the molecule is O=C=Nc1c(F)cccc1NC1CCC(O)CC1. The van der Waals surface area contributed by atoms with Crippen molar-refractivity contribution in [2.75, 3.05) is 5.32 Å². The van der Waals surface area contributed by atoms with Crippen LogP contribution in [-0.4, -0.2) is 23.3 Å². The first kappa shape index (κ1) is 12.7. The van der Waals surface area contributed by atoms with Crippen LogP contribution in [0.15, 0.2) is 23.2 Å². The molecule has 0 radical (unpaired) electrons. The fourth-order valence-electron chi connectivity index (χ4n) is 2.23. The highest BCUT2D eigenvalue weighted by atomic mass is 19.1. The Morgan fingerprint density at radius 1 is 1.33 bits per heavy atom. The van der Waals surface area contributed by atoms with Gasteiger partial charge in [0.15, 0.2) is 5.82 Å².